The maximum absolute atomic E-state index is 4.85. The molecule has 0 saturated heterocycles. The van der Waals surface area contributed by atoms with Gasteiger partial charge in [-0.1, -0.05) is 13.8 Å². The van der Waals surface area contributed by atoms with Crippen molar-refractivity contribution in [3.05, 3.63) is 6.92 Å². The average molecular weight is 229 g/mol. The van der Waals surface area contributed by atoms with Crippen LogP contribution in [-0.4, -0.2) is 0 Å². The molecule has 0 spiro atoms. The number of hydrogen-bond acceptors (Lipinski definition) is 0. The first-order valence-corrected chi connectivity index (χ1v) is 6.31. The Balaban J connectivity index is 0. The molecule has 0 aliphatic heterocycles. The Morgan fingerprint density at radius 2 is 1.43 bits per heavy atom. The van der Waals surface area contributed by atoms with E-state index in [1.807, 2.05) is 0 Å². The van der Waals surface area contributed by atoms with Gasteiger partial charge in [0.05, 0.1) is 0 Å². The molecule has 0 heterocycles. The Bertz CT molecular complexity index is 20.9. The van der Waals surface area contributed by atoms with Gasteiger partial charge in [-0.15, -0.1) is 0 Å². The molecule has 0 bridgehead atoms. The second-order valence-corrected chi connectivity index (χ2v) is 4.08. The summed E-state index contributed by atoms with van der Waals surface area (Å²) in [5.74, 6) is 0.583. The molecule has 0 rings (SSSR count). The van der Waals surface area contributed by atoms with Gasteiger partial charge in [0.1, 0.15) is 0 Å². The van der Waals surface area contributed by atoms with Gasteiger partial charge in [0.25, 0.3) is 0 Å². The van der Waals surface area contributed by atoms with Crippen molar-refractivity contribution >= 4 is 19.4 Å². The predicted molar refractivity (Wildman–Crippen MR) is 31.9 cm³/mol. The quantitative estimate of drug-likeness (QED) is 0.442. The molecule has 0 unspecified atom stereocenters. The minimum absolute atomic E-state index is 0.346. The Morgan fingerprint density at radius 3 is 1.43 bits per heavy atom. The maximum atomic E-state index is 4.85. The molecule has 0 aliphatic carbocycles. The van der Waals surface area contributed by atoms with Crippen molar-refractivity contribution in [2.24, 2.45) is 5.92 Å². The van der Waals surface area contributed by atoms with Crippen molar-refractivity contribution < 1.29 is 15.1 Å². The summed E-state index contributed by atoms with van der Waals surface area (Å²) in [6.07, 6.45) is 0. The van der Waals surface area contributed by atoms with E-state index in [-0.39, 0.29) is 15.1 Å². The first-order chi connectivity index (χ1) is 3.15. The van der Waals surface area contributed by atoms with Gasteiger partial charge in [-0.25, -0.2) is 0 Å². The molecule has 0 aromatic carbocycles. The summed E-state index contributed by atoms with van der Waals surface area (Å²) in [6, 6.07) is 0. The van der Waals surface area contributed by atoms with Crippen LogP contribution in [-0.2, 0) is 15.1 Å². The second-order valence-electron chi connectivity index (χ2n) is 1.44. The van der Waals surface area contributed by atoms with Crippen LogP contribution in [0.3, 0.4) is 0 Å². The molecule has 48 valence electrons. The summed E-state index contributed by atoms with van der Waals surface area (Å²) in [4.78, 5) is 0. The Labute approximate surface area is 61.3 Å². The van der Waals surface area contributed by atoms with Gasteiger partial charge in [0.2, 0.25) is 0 Å². The zero-order chi connectivity index (χ0) is 6.28. The van der Waals surface area contributed by atoms with Crippen molar-refractivity contribution in [3.63, 3.8) is 0 Å². The zero-order valence-corrected chi connectivity index (χ0v) is 7.64. The number of rotatable bonds is 0. The van der Waals surface area contributed by atoms with Crippen LogP contribution in [0.4, 0.5) is 0 Å². The third kappa shape index (κ3) is 135. The van der Waals surface area contributed by atoms with E-state index in [2.05, 4.69) is 20.8 Å². The van der Waals surface area contributed by atoms with Crippen molar-refractivity contribution in [3.8, 4) is 0 Å². The fourth-order valence-electron chi connectivity index (χ4n) is 0. The van der Waals surface area contributed by atoms with E-state index in [4.69, 9.17) is 19.4 Å². The molecule has 0 aromatic rings. The second kappa shape index (κ2) is 10.2. The molecule has 7 heavy (non-hydrogen) atoms. The average Bonchev–Trinajstić information content (AvgIpc) is 1.33. The molecule has 0 saturated carbocycles. The number of hydrogen-bond donors (Lipinski definition) is 0. The third-order valence-corrected chi connectivity index (χ3v) is 0. The molecule has 0 atom stereocenters. The van der Waals surface area contributed by atoms with E-state index in [1.165, 1.54) is 0 Å². The van der Waals surface area contributed by atoms with Crippen LogP contribution in [0.25, 0.3) is 0 Å². The van der Waals surface area contributed by atoms with Crippen LogP contribution in [0, 0.1) is 12.8 Å². The molecular formula is C4H9Cl2Ru-. The Hall–Kier alpha value is 1.20. The molecule has 0 amide bonds. The molecule has 0 aromatic heterocycles. The summed E-state index contributed by atoms with van der Waals surface area (Å²) in [5, 5.41) is 0. The van der Waals surface area contributed by atoms with Gasteiger partial charge in [0, 0.05) is 0 Å². The van der Waals surface area contributed by atoms with Crippen molar-refractivity contribution in [1.29, 1.82) is 0 Å². The normalized spacial score (nSPS) is 8.29. The third-order valence-electron chi connectivity index (χ3n) is 0. The first kappa shape index (κ1) is 11.1. The van der Waals surface area contributed by atoms with Crippen molar-refractivity contribution in [2.45, 2.75) is 13.8 Å². The summed E-state index contributed by atoms with van der Waals surface area (Å²) in [6.45, 7) is 7.75. The van der Waals surface area contributed by atoms with E-state index in [0.29, 0.717) is 5.92 Å². The van der Waals surface area contributed by atoms with Crippen LogP contribution < -0.4 is 0 Å². The van der Waals surface area contributed by atoms with E-state index in [9.17, 15) is 0 Å². The van der Waals surface area contributed by atoms with Crippen LogP contribution >= 0.6 is 19.4 Å². The van der Waals surface area contributed by atoms with Gasteiger partial charge < -0.3 is 6.92 Å². The van der Waals surface area contributed by atoms with Crippen LogP contribution in [0.2, 0.25) is 0 Å². The molecule has 0 nitrogen and oxygen atoms in total. The van der Waals surface area contributed by atoms with Gasteiger partial charge >= 0.3 is 34.5 Å². The fourth-order valence-corrected chi connectivity index (χ4v) is 0. The van der Waals surface area contributed by atoms with Gasteiger partial charge in [-0.2, -0.15) is 5.92 Å². The van der Waals surface area contributed by atoms with E-state index >= 15 is 0 Å². The fraction of sp³-hybridized carbons (Fsp3) is 0.750. The van der Waals surface area contributed by atoms with E-state index < -0.39 is 0 Å². The van der Waals surface area contributed by atoms with Crippen LogP contribution in [0.1, 0.15) is 13.8 Å². The molecular weight excluding hydrogens is 220 g/mol. The molecule has 0 aliphatic rings. The predicted octanol–water partition coefficient (Wildman–Crippen LogP) is 2.85. The molecule has 0 N–H and O–H groups in total. The topological polar surface area (TPSA) is 0 Å². The van der Waals surface area contributed by atoms with Crippen molar-refractivity contribution in [2.75, 3.05) is 0 Å². The summed E-state index contributed by atoms with van der Waals surface area (Å²) in [7, 11) is 9.71. The van der Waals surface area contributed by atoms with E-state index in [1.54, 1.807) is 0 Å². The van der Waals surface area contributed by atoms with Gasteiger partial charge in [-0.3, -0.25) is 0 Å². The standard InChI is InChI=1S/C4H9.2ClH.Ru/c1-4(2)3;;;/h4H,1H2,2-3H3;2*1H;/q-1;;;+2/p-2. The van der Waals surface area contributed by atoms with E-state index in [0.717, 1.165) is 0 Å². The Kier molecular flexibility index (Phi) is 16.2. The first-order valence-electron chi connectivity index (χ1n) is 1.83. The van der Waals surface area contributed by atoms with Gasteiger partial charge in [0.15, 0.2) is 0 Å². The number of halogens is 2. The van der Waals surface area contributed by atoms with Crippen molar-refractivity contribution in [1.82, 2.24) is 0 Å². The zero-order valence-electron chi connectivity index (χ0n) is 4.39. The van der Waals surface area contributed by atoms with Gasteiger partial charge in [-0.05, 0) is 0 Å². The molecule has 3 heteroatoms. The Morgan fingerprint density at radius 1 is 1.43 bits per heavy atom. The van der Waals surface area contributed by atoms with Crippen LogP contribution in [0.5, 0.6) is 0 Å². The summed E-state index contributed by atoms with van der Waals surface area (Å²) < 4.78 is 0. The SMILES string of the molecule is [CH2-]C(C)C.[Cl][Ru][Cl]. The summed E-state index contributed by atoms with van der Waals surface area (Å²) in [5.41, 5.74) is 0. The molecule has 0 radical (unpaired) electrons. The summed E-state index contributed by atoms with van der Waals surface area (Å²) >= 11 is -0.346. The van der Waals surface area contributed by atoms with Crippen LogP contribution in [0.15, 0.2) is 0 Å². The molecule has 0 fully saturated rings. The monoisotopic (exact) mass is 229 g/mol. The minimum atomic E-state index is -0.346.